The third-order valence-corrected chi connectivity index (χ3v) is 2.28. The van der Waals surface area contributed by atoms with Crippen LogP contribution in [-0.2, 0) is 38.1 Å². The van der Waals surface area contributed by atoms with Gasteiger partial charge in [0.15, 0.2) is 5.78 Å². The van der Waals surface area contributed by atoms with Crippen LogP contribution in [0.15, 0.2) is 23.8 Å². The quantitative estimate of drug-likeness (QED) is 0.527. The number of carbonyl (C=O) groups excluding carboxylic acids is 1. The molecule has 0 spiro atoms. The Morgan fingerprint density at radius 1 is 1.62 bits per heavy atom. The van der Waals surface area contributed by atoms with Crippen molar-refractivity contribution in [1.82, 2.24) is 0 Å². The first-order valence-electron chi connectivity index (χ1n) is 3.96. The summed E-state index contributed by atoms with van der Waals surface area (Å²) in [6.45, 7) is 7.74. The smallest absolute Gasteiger partial charge is 0.158 e. The van der Waals surface area contributed by atoms with E-state index in [4.69, 9.17) is 0 Å². The molecular weight excluding hydrogens is 254 g/mol. The molecule has 0 saturated heterocycles. The summed E-state index contributed by atoms with van der Waals surface area (Å²) in [7, 11) is 0. The van der Waals surface area contributed by atoms with Gasteiger partial charge in [0.25, 0.3) is 0 Å². The number of Topliss-reactive ketones (excluding diaryl/α,β-unsaturated/α-hetero) is 1. The second-order valence-corrected chi connectivity index (χ2v) is 3.29. The summed E-state index contributed by atoms with van der Waals surface area (Å²) in [5.74, 6) is 0.676. The molecule has 13 heavy (non-hydrogen) atoms. The predicted molar refractivity (Wildman–Crippen MR) is 46.3 cm³/mol. The van der Waals surface area contributed by atoms with Crippen LogP contribution in [0, 0.1) is 5.92 Å². The van der Waals surface area contributed by atoms with Crippen LogP contribution in [0.2, 0.25) is 0 Å². The average molecular weight is 268 g/mol. The minimum absolute atomic E-state index is 0. The van der Waals surface area contributed by atoms with Gasteiger partial charge in [0, 0.05) is 39.7 Å². The van der Waals surface area contributed by atoms with E-state index in [1.165, 1.54) is 0 Å². The van der Waals surface area contributed by atoms with Crippen molar-refractivity contribution in [3.8, 4) is 0 Å². The van der Waals surface area contributed by atoms with E-state index in [0.717, 1.165) is 17.6 Å². The molecule has 1 aliphatic carbocycles. The number of hydrogen-bond donors (Lipinski definition) is 0. The summed E-state index contributed by atoms with van der Waals surface area (Å²) in [5.41, 5.74) is 2.05. The molecule has 1 radical (unpaired) electrons. The molecule has 0 aliphatic heterocycles. The largest absolute Gasteiger partial charge is 0.295 e. The van der Waals surface area contributed by atoms with Crippen LogP contribution in [0.3, 0.4) is 0 Å². The fourth-order valence-corrected chi connectivity index (χ4v) is 1.28. The van der Waals surface area contributed by atoms with Crippen LogP contribution < -0.4 is 0 Å². The minimum atomic E-state index is 0. The maximum absolute atomic E-state index is 11.2. The van der Waals surface area contributed by atoms with E-state index < -0.39 is 0 Å². The molecule has 0 bridgehead atoms. The maximum atomic E-state index is 11.2. The molecule has 0 aromatic rings. The Balaban J connectivity index is 0. The molecule has 1 aliphatic rings. The molecule has 1 atom stereocenters. The van der Waals surface area contributed by atoms with Crippen LogP contribution in [0.25, 0.3) is 0 Å². The van der Waals surface area contributed by atoms with Gasteiger partial charge >= 0.3 is 0 Å². The molecule has 1 unspecified atom stereocenters. The molecule has 0 amide bonds. The molecule has 0 saturated carbocycles. The average Bonchev–Trinajstić information content (AvgIpc) is 1.94. The van der Waals surface area contributed by atoms with E-state index in [2.05, 4.69) is 6.58 Å². The molecule has 1 rings (SSSR count). The van der Waals surface area contributed by atoms with E-state index >= 15 is 0 Å². The van der Waals surface area contributed by atoms with Gasteiger partial charge in [-0.1, -0.05) is 18.2 Å². The van der Waals surface area contributed by atoms with Crippen molar-refractivity contribution < 1.29 is 38.1 Å². The second kappa shape index (κ2) is 6.58. The van der Waals surface area contributed by atoms with Crippen LogP contribution in [0.5, 0.6) is 0 Å². The Morgan fingerprint density at radius 3 is 2.54 bits per heavy atom. The van der Waals surface area contributed by atoms with Crippen LogP contribution in [-0.4, -0.2) is 5.78 Å². The van der Waals surface area contributed by atoms with Gasteiger partial charge in [-0.25, -0.2) is 0 Å². The molecule has 0 N–H and O–H groups in total. The topological polar surface area (TPSA) is 17.1 Å². The first-order valence-corrected chi connectivity index (χ1v) is 3.96. The van der Waals surface area contributed by atoms with Gasteiger partial charge in [0.2, 0.25) is 0 Å². The Labute approximate surface area is 100 Å². The number of rotatable bonds is 1. The molecule has 0 fully saturated rings. The zero-order valence-corrected chi connectivity index (χ0v) is 9.86. The van der Waals surface area contributed by atoms with Crippen LogP contribution >= 0.6 is 0 Å². The number of hydrogen-bond acceptors (Lipinski definition) is 1. The summed E-state index contributed by atoms with van der Waals surface area (Å²) < 4.78 is 0. The van der Waals surface area contributed by atoms with Crippen LogP contribution in [0.4, 0.5) is 0 Å². The van der Waals surface area contributed by atoms with E-state index in [-0.39, 0.29) is 39.1 Å². The Hall–Kier alpha value is 0.150. The standard InChI is InChI=1S/C10H14O.Co.Ni/c1-7(2)9-5-4-8(3)10(11)6-9;;/h4,9H,1,5-6H2,2-3H3;;. The third kappa shape index (κ3) is 4.26. The summed E-state index contributed by atoms with van der Waals surface area (Å²) >= 11 is 0. The molecule has 1 nitrogen and oxygen atoms in total. The number of carbonyl (C=O) groups is 1. The van der Waals surface area contributed by atoms with Gasteiger partial charge in [-0.2, -0.15) is 0 Å². The van der Waals surface area contributed by atoms with Crippen molar-refractivity contribution in [3.63, 3.8) is 0 Å². The Morgan fingerprint density at radius 2 is 2.15 bits per heavy atom. The summed E-state index contributed by atoms with van der Waals surface area (Å²) in [6.07, 6.45) is 3.68. The Kier molecular flexibility index (Phi) is 7.90. The first kappa shape index (κ1) is 15.6. The number of allylic oxidation sites excluding steroid dienone is 3. The van der Waals surface area contributed by atoms with E-state index in [0.29, 0.717) is 12.3 Å². The van der Waals surface area contributed by atoms with Gasteiger partial charge in [-0.15, -0.1) is 0 Å². The van der Waals surface area contributed by atoms with Crippen LogP contribution in [0.1, 0.15) is 26.7 Å². The third-order valence-electron chi connectivity index (χ3n) is 2.28. The summed E-state index contributed by atoms with van der Waals surface area (Å²) in [4.78, 5) is 11.2. The second-order valence-electron chi connectivity index (χ2n) is 3.29. The van der Waals surface area contributed by atoms with Gasteiger partial charge in [-0.3, -0.25) is 4.79 Å². The van der Waals surface area contributed by atoms with Gasteiger partial charge < -0.3 is 0 Å². The van der Waals surface area contributed by atoms with Crippen molar-refractivity contribution in [2.24, 2.45) is 5.92 Å². The fraction of sp³-hybridized carbons (Fsp3) is 0.500. The van der Waals surface area contributed by atoms with Crippen molar-refractivity contribution >= 4 is 5.78 Å². The zero-order chi connectivity index (χ0) is 8.43. The van der Waals surface area contributed by atoms with E-state index in [9.17, 15) is 4.79 Å². The molecule has 3 heteroatoms. The molecule has 0 aromatic heterocycles. The zero-order valence-electron chi connectivity index (χ0n) is 7.83. The summed E-state index contributed by atoms with van der Waals surface area (Å²) in [6, 6.07) is 0. The monoisotopic (exact) mass is 267 g/mol. The molecule has 0 heterocycles. The first-order chi connectivity index (χ1) is 5.11. The maximum Gasteiger partial charge on any atom is 0.158 e. The molecule has 0 aromatic carbocycles. The predicted octanol–water partition coefficient (Wildman–Crippen LogP) is 2.48. The fourth-order valence-electron chi connectivity index (χ4n) is 1.28. The van der Waals surface area contributed by atoms with Gasteiger partial charge in [0.05, 0.1) is 0 Å². The van der Waals surface area contributed by atoms with Crippen molar-refractivity contribution in [1.29, 1.82) is 0 Å². The Bertz CT molecular complexity index is 233. The van der Waals surface area contributed by atoms with Crippen molar-refractivity contribution in [3.05, 3.63) is 23.8 Å². The van der Waals surface area contributed by atoms with Gasteiger partial charge in [0.1, 0.15) is 0 Å². The van der Waals surface area contributed by atoms with Gasteiger partial charge in [-0.05, 0) is 31.8 Å². The van der Waals surface area contributed by atoms with E-state index in [1.54, 1.807) is 0 Å². The van der Waals surface area contributed by atoms with Crippen molar-refractivity contribution in [2.45, 2.75) is 26.7 Å². The van der Waals surface area contributed by atoms with E-state index in [1.807, 2.05) is 19.9 Å². The van der Waals surface area contributed by atoms with Crippen molar-refractivity contribution in [2.75, 3.05) is 0 Å². The number of ketones is 1. The summed E-state index contributed by atoms with van der Waals surface area (Å²) in [5, 5.41) is 0. The minimum Gasteiger partial charge on any atom is -0.295 e. The molecule has 79 valence electrons. The molecular formula is C10H14CoNiO. The normalized spacial score (nSPS) is 20.9. The SMILES string of the molecule is C=C(C)C1CC=C(C)C(=O)C1.[Co].[Ni].